The fourth-order valence-electron chi connectivity index (χ4n) is 2.16. The van der Waals surface area contributed by atoms with Gasteiger partial charge >= 0.3 is 0 Å². The number of ketones is 1. The third-order valence-electron chi connectivity index (χ3n) is 3.39. The number of carbonyl (C=O) groups excluding carboxylic acids is 1. The van der Waals surface area contributed by atoms with E-state index in [-0.39, 0.29) is 5.78 Å². The molecule has 0 atom stereocenters. The summed E-state index contributed by atoms with van der Waals surface area (Å²) >= 11 is 0. The van der Waals surface area contributed by atoms with Gasteiger partial charge in [-0.25, -0.2) is 0 Å². The Bertz CT molecular complexity index is 675. The van der Waals surface area contributed by atoms with Crippen molar-refractivity contribution in [3.05, 3.63) is 52.6 Å². The number of rotatable bonds is 3. The number of hydrogen-bond donors (Lipinski definition) is 1. The van der Waals surface area contributed by atoms with Gasteiger partial charge in [0, 0.05) is 17.3 Å². The molecule has 2 aromatic carbocycles. The molecule has 0 unspecified atom stereocenters. The summed E-state index contributed by atoms with van der Waals surface area (Å²) < 4.78 is 5.90. The fourth-order valence-corrected chi connectivity index (χ4v) is 2.16. The van der Waals surface area contributed by atoms with Gasteiger partial charge in [-0.15, -0.1) is 0 Å². The van der Waals surface area contributed by atoms with Crippen LogP contribution in [0.4, 0.5) is 5.69 Å². The molecule has 3 nitrogen and oxygen atoms in total. The highest BCUT2D eigenvalue weighted by Gasteiger charge is 2.09. The van der Waals surface area contributed by atoms with E-state index < -0.39 is 0 Å². The van der Waals surface area contributed by atoms with Crippen molar-refractivity contribution in [1.82, 2.24) is 0 Å². The Balaban J connectivity index is 2.36. The standard InChI is InChI=1S/C17H19NO2/c1-10-7-11(2)12(3)17(8-10)20-14-5-6-15(13(4)19)16(18)9-14/h5-9H,18H2,1-4H3. The van der Waals surface area contributed by atoms with Gasteiger partial charge in [-0.05, 0) is 62.6 Å². The van der Waals surface area contributed by atoms with Crippen LogP contribution in [0, 0.1) is 20.8 Å². The molecule has 0 aromatic heterocycles. The van der Waals surface area contributed by atoms with Gasteiger partial charge in [-0.2, -0.15) is 0 Å². The van der Waals surface area contributed by atoms with Gasteiger partial charge in [0.15, 0.2) is 5.78 Å². The van der Waals surface area contributed by atoms with Gasteiger partial charge in [0.25, 0.3) is 0 Å². The second kappa shape index (κ2) is 5.37. The summed E-state index contributed by atoms with van der Waals surface area (Å²) in [7, 11) is 0. The highest BCUT2D eigenvalue weighted by Crippen LogP contribution is 2.30. The first-order valence-electron chi connectivity index (χ1n) is 6.54. The average molecular weight is 269 g/mol. The molecule has 0 saturated heterocycles. The summed E-state index contributed by atoms with van der Waals surface area (Å²) in [6.07, 6.45) is 0. The minimum atomic E-state index is -0.0448. The third kappa shape index (κ3) is 2.82. The fraction of sp³-hybridized carbons (Fsp3) is 0.235. The Morgan fingerprint density at radius 2 is 1.80 bits per heavy atom. The molecule has 2 aromatic rings. The first-order valence-corrected chi connectivity index (χ1v) is 6.54. The lowest BCUT2D eigenvalue weighted by Gasteiger charge is -2.13. The monoisotopic (exact) mass is 269 g/mol. The molecule has 0 aliphatic heterocycles. The van der Waals surface area contributed by atoms with Gasteiger partial charge in [0.05, 0.1) is 0 Å². The molecule has 0 amide bonds. The highest BCUT2D eigenvalue weighted by molar-refractivity contribution is 5.99. The predicted octanol–water partition coefficient (Wildman–Crippen LogP) is 4.19. The summed E-state index contributed by atoms with van der Waals surface area (Å²) in [5.74, 6) is 1.41. The van der Waals surface area contributed by atoms with Crippen molar-refractivity contribution >= 4 is 11.5 Å². The lowest BCUT2D eigenvalue weighted by molar-refractivity contribution is 0.101. The maximum atomic E-state index is 11.4. The first kappa shape index (κ1) is 14.1. The Labute approximate surface area is 119 Å². The van der Waals surface area contributed by atoms with Crippen molar-refractivity contribution in [3.63, 3.8) is 0 Å². The number of benzene rings is 2. The number of nitrogens with two attached hydrogens (primary N) is 1. The molecule has 2 rings (SSSR count). The van der Waals surface area contributed by atoms with Gasteiger partial charge < -0.3 is 10.5 Å². The van der Waals surface area contributed by atoms with Crippen LogP contribution in [-0.4, -0.2) is 5.78 Å². The number of aryl methyl sites for hydroxylation is 2. The molecule has 0 aliphatic rings. The van der Waals surface area contributed by atoms with Crippen LogP contribution in [0.15, 0.2) is 30.3 Å². The Hall–Kier alpha value is -2.29. The number of ether oxygens (including phenoxy) is 1. The quantitative estimate of drug-likeness (QED) is 0.671. The lowest BCUT2D eigenvalue weighted by atomic mass is 10.1. The van der Waals surface area contributed by atoms with Gasteiger partial charge in [0.1, 0.15) is 11.5 Å². The Kier molecular flexibility index (Phi) is 3.79. The van der Waals surface area contributed by atoms with Gasteiger partial charge in [-0.3, -0.25) is 4.79 Å². The topological polar surface area (TPSA) is 52.3 Å². The van der Waals surface area contributed by atoms with Crippen LogP contribution in [0.2, 0.25) is 0 Å². The van der Waals surface area contributed by atoms with Gasteiger partial charge in [-0.1, -0.05) is 6.07 Å². The van der Waals surface area contributed by atoms with E-state index in [1.54, 1.807) is 18.2 Å². The minimum absolute atomic E-state index is 0.0448. The molecule has 0 bridgehead atoms. The highest BCUT2D eigenvalue weighted by atomic mass is 16.5. The SMILES string of the molecule is CC(=O)c1ccc(Oc2cc(C)cc(C)c2C)cc1N. The maximum Gasteiger partial charge on any atom is 0.161 e. The van der Waals surface area contributed by atoms with Crippen LogP contribution < -0.4 is 10.5 Å². The zero-order chi connectivity index (χ0) is 14.9. The third-order valence-corrected chi connectivity index (χ3v) is 3.39. The molecule has 0 heterocycles. The number of hydrogen-bond acceptors (Lipinski definition) is 3. The van der Waals surface area contributed by atoms with E-state index >= 15 is 0 Å². The number of carbonyl (C=O) groups is 1. The van der Waals surface area contributed by atoms with E-state index in [9.17, 15) is 4.79 Å². The first-order chi connectivity index (χ1) is 9.38. The van der Waals surface area contributed by atoms with E-state index in [0.717, 1.165) is 16.9 Å². The van der Waals surface area contributed by atoms with Crippen molar-refractivity contribution < 1.29 is 9.53 Å². The molecule has 3 heteroatoms. The summed E-state index contributed by atoms with van der Waals surface area (Å²) in [6.45, 7) is 7.62. The molecule has 0 saturated carbocycles. The second-order valence-corrected chi connectivity index (χ2v) is 5.11. The minimum Gasteiger partial charge on any atom is -0.457 e. The van der Waals surface area contributed by atoms with Crippen LogP contribution in [0.1, 0.15) is 34.0 Å². The van der Waals surface area contributed by atoms with Gasteiger partial charge in [0.2, 0.25) is 0 Å². The van der Waals surface area contributed by atoms with Crippen molar-refractivity contribution in [2.45, 2.75) is 27.7 Å². The van der Waals surface area contributed by atoms with Crippen LogP contribution >= 0.6 is 0 Å². The predicted molar refractivity (Wildman–Crippen MR) is 81.6 cm³/mol. The summed E-state index contributed by atoms with van der Waals surface area (Å²) in [5, 5.41) is 0. The molecule has 0 aliphatic carbocycles. The van der Waals surface area contributed by atoms with Crippen LogP contribution in [0.5, 0.6) is 11.5 Å². The smallest absolute Gasteiger partial charge is 0.161 e. The van der Waals surface area contributed by atoms with Crippen molar-refractivity contribution in [2.75, 3.05) is 5.73 Å². The summed E-state index contributed by atoms with van der Waals surface area (Å²) in [6, 6.07) is 9.27. The van der Waals surface area contributed by atoms with Crippen LogP contribution in [0.25, 0.3) is 0 Å². The largest absolute Gasteiger partial charge is 0.457 e. The molecule has 2 N–H and O–H groups in total. The zero-order valence-corrected chi connectivity index (χ0v) is 12.3. The molecular weight excluding hydrogens is 250 g/mol. The zero-order valence-electron chi connectivity index (χ0n) is 12.3. The van der Waals surface area contributed by atoms with E-state index in [2.05, 4.69) is 13.0 Å². The molecule has 0 radical (unpaired) electrons. The summed E-state index contributed by atoms with van der Waals surface area (Å²) in [5.41, 5.74) is 10.3. The number of anilines is 1. The number of Topliss-reactive ketones (excluding diaryl/α,β-unsaturated/α-hetero) is 1. The van der Waals surface area contributed by atoms with E-state index in [1.807, 2.05) is 19.9 Å². The van der Waals surface area contributed by atoms with E-state index in [4.69, 9.17) is 10.5 Å². The van der Waals surface area contributed by atoms with Crippen molar-refractivity contribution in [1.29, 1.82) is 0 Å². The van der Waals surface area contributed by atoms with Crippen molar-refractivity contribution in [3.8, 4) is 11.5 Å². The number of nitrogen functional groups attached to an aromatic ring is 1. The molecule has 20 heavy (non-hydrogen) atoms. The molecule has 0 spiro atoms. The van der Waals surface area contributed by atoms with Crippen LogP contribution in [0.3, 0.4) is 0 Å². The Morgan fingerprint density at radius 1 is 1.10 bits per heavy atom. The molecular formula is C17H19NO2. The van der Waals surface area contributed by atoms with E-state index in [0.29, 0.717) is 17.0 Å². The lowest BCUT2D eigenvalue weighted by Crippen LogP contribution is -2.00. The maximum absolute atomic E-state index is 11.4. The molecule has 0 fully saturated rings. The van der Waals surface area contributed by atoms with Crippen molar-refractivity contribution in [2.24, 2.45) is 0 Å². The Morgan fingerprint density at radius 3 is 2.40 bits per heavy atom. The second-order valence-electron chi connectivity index (χ2n) is 5.11. The summed E-state index contributed by atoms with van der Waals surface area (Å²) in [4.78, 5) is 11.4. The van der Waals surface area contributed by atoms with Crippen LogP contribution in [-0.2, 0) is 0 Å². The average Bonchev–Trinajstić information content (AvgIpc) is 2.35. The normalized spacial score (nSPS) is 10.4. The van der Waals surface area contributed by atoms with E-state index in [1.165, 1.54) is 12.5 Å². The molecule has 104 valence electrons.